The molecule has 1 saturated carbocycles. The van der Waals surface area contributed by atoms with Gasteiger partial charge in [-0.3, -0.25) is 0 Å². The van der Waals surface area contributed by atoms with Gasteiger partial charge in [-0.15, -0.1) is 0 Å². The molecule has 1 aliphatic carbocycles. The first kappa shape index (κ1) is 15.6. The number of rotatable bonds is 3. The van der Waals surface area contributed by atoms with Gasteiger partial charge in [0.2, 0.25) is 0 Å². The molecular weight excluding hydrogens is 270 g/mol. The Morgan fingerprint density at radius 3 is 2.50 bits per heavy atom. The summed E-state index contributed by atoms with van der Waals surface area (Å²) in [6.45, 7) is 11.6. The standard InChI is InChI=1S/C16H26ClN3/c1-10-6-7-12(8-10)9-18-14-11(2)13(17)19-15(20-14)16(3,4)5/h10,12H,6-9H2,1-5H3,(H,18,19,20). The Bertz CT molecular complexity index is 479. The molecule has 3 nitrogen and oxygen atoms in total. The molecule has 1 aliphatic rings. The molecule has 20 heavy (non-hydrogen) atoms. The maximum absolute atomic E-state index is 6.25. The number of anilines is 1. The van der Waals surface area contributed by atoms with Gasteiger partial charge in [0.1, 0.15) is 16.8 Å². The summed E-state index contributed by atoms with van der Waals surface area (Å²) in [4.78, 5) is 9.09. The molecule has 2 unspecified atom stereocenters. The van der Waals surface area contributed by atoms with Crippen LogP contribution in [0.2, 0.25) is 5.15 Å². The van der Waals surface area contributed by atoms with Crippen LogP contribution in [0.15, 0.2) is 0 Å². The average molecular weight is 296 g/mol. The van der Waals surface area contributed by atoms with Gasteiger partial charge in [0.05, 0.1) is 0 Å². The third-order valence-corrected chi connectivity index (χ3v) is 4.49. The van der Waals surface area contributed by atoms with E-state index in [2.05, 4.69) is 43.0 Å². The third-order valence-electron chi connectivity index (χ3n) is 4.12. The Kier molecular flexibility index (Phi) is 4.58. The number of nitrogens with zero attached hydrogens (tertiary/aromatic N) is 2. The van der Waals surface area contributed by atoms with E-state index in [9.17, 15) is 0 Å². The molecule has 2 atom stereocenters. The quantitative estimate of drug-likeness (QED) is 0.829. The number of nitrogens with one attached hydrogen (secondary N) is 1. The van der Waals surface area contributed by atoms with Gasteiger partial charge in [-0.25, -0.2) is 9.97 Å². The van der Waals surface area contributed by atoms with E-state index >= 15 is 0 Å². The van der Waals surface area contributed by atoms with Crippen LogP contribution in [0.4, 0.5) is 5.82 Å². The highest BCUT2D eigenvalue weighted by Gasteiger charge is 2.23. The minimum atomic E-state index is -0.0877. The summed E-state index contributed by atoms with van der Waals surface area (Å²) in [7, 11) is 0. The number of hydrogen-bond donors (Lipinski definition) is 1. The molecule has 1 aromatic rings. The van der Waals surface area contributed by atoms with E-state index < -0.39 is 0 Å². The van der Waals surface area contributed by atoms with E-state index in [0.717, 1.165) is 35.6 Å². The maximum atomic E-state index is 6.25. The highest BCUT2D eigenvalue weighted by molar-refractivity contribution is 6.30. The zero-order valence-electron chi connectivity index (χ0n) is 13.3. The lowest BCUT2D eigenvalue weighted by Gasteiger charge is -2.20. The van der Waals surface area contributed by atoms with Crippen LogP contribution in [0.3, 0.4) is 0 Å². The van der Waals surface area contributed by atoms with Gasteiger partial charge in [0, 0.05) is 17.5 Å². The van der Waals surface area contributed by atoms with Crippen LogP contribution in [-0.4, -0.2) is 16.5 Å². The second-order valence-corrected chi connectivity index (χ2v) is 7.58. The first-order valence-electron chi connectivity index (χ1n) is 7.56. The first-order chi connectivity index (χ1) is 9.27. The van der Waals surface area contributed by atoms with E-state index in [4.69, 9.17) is 11.6 Å². The van der Waals surface area contributed by atoms with E-state index in [1.807, 2.05) is 6.92 Å². The molecule has 1 fully saturated rings. The van der Waals surface area contributed by atoms with Gasteiger partial charge >= 0.3 is 0 Å². The predicted molar refractivity (Wildman–Crippen MR) is 85.5 cm³/mol. The first-order valence-corrected chi connectivity index (χ1v) is 7.93. The Morgan fingerprint density at radius 2 is 1.95 bits per heavy atom. The fraction of sp³-hybridized carbons (Fsp3) is 0.750. The minimum Gasteiger partial charge on any atom is -0.369 e. The Hall–Kier alpha value is -0.830. The van der Waals surface area contributed by atoms with Crippen molar-refractivity contribution in [2.45, 2.75) is 59.3 Å². The van der Waals surface area contributed by atoms with Crippen molar-refractivity contribution >= 4 is 17.4 Å². The van der Waals surface area contributed by atoms with E-state index in [0.29, 0.717) is 5.15 Å². The number of halogens is 1. The molecule has 0 spiro atoms. The molecule has 0 aliphatic heterocycles. The van der Waals surface area contributed by atoms with Crippen LogP contribution in [-0.2, 0) is 5.41 Å². The van der Waals surface area contributed by atoms with Crippen molar-refractivity contribution < 1.29 is 0 Å². The van der Waals surface area contributed by atoms with Gasteiger partial charge in [-0.1, -0.05) is 45.7 Å². The molecule has 112 valence electrons. The Morgan fingerprint density at radius 1 is 1.25 bits per heavy atom. The number of aromatic nitrogens is 2. The second-order valence-electron chi connectivity index (χ2n) is 7.23. The summed E-state index contributed by atoms with van der Waals surface area (Å²) in [5.41, 5.74) is 0.862. The average Bonchev–Trinajstić information content (AvgIpc) is 2.75. The molecule has 1 aromatic heterocycles. The Labute approximate surface area is 127 Å². The summed E-state index contributed by atoms with van der Waals surface area (Å²) in [5.74, 6) is 3.32. The van der Waals surface area contributed by atoms with Gasteiger partial charge < -0.3 is 5.32 Å². The van der Waals surface area contributed by atoms with Crippen LogP contribution in [0.1, 0.15) is 58.3 Å². The number of hydrogen-bond acceptors (Lipinski definition) is 3. The zero-order valence-corrected chi connectivity index (χ0v) is 14.0. The van der Waals surface area contributed by atoms with Crippen molar-refractivity contribution in [2.75, 3.05) is 11.9 Å². The van der Waals surface area contributed by atoms with Crippen LogP contribution >= 0.6 is 11.6 Å². The highest BCUT2D eigenvalue weighted by atomic mass is 35.5. The summed E-state index contributed by atoms with van der Waals surface area (Å²) < 4.78 is 0. The highest BCUT2D eigenvalue weighted by Crippen LogP contribution is 2.31. The van der Waals surface area contributed by atoms with Crippen LogP contribution in [0, 0.1) is 18.8 Å². The molecule has 0 aromatic carbocycles. The predicted octanol–water partition coefficient (Wildman–Crippen LogP) is 4.58. The lowest BCUT2D eigenvalue weighted by Crippen LogP contribution is -2.20. The molecule has 0 radical (unpaired) electrons. The van der Waals surface area contributed by atoms with Crippen molar-refractivity contribution in [2.24, 2.45) is 11.8 Å². The summed E-state index contributed by atoms with van der Waals surface area (Å²) in [6.07, 6.45) is 3.98. The minimum absolute atomic E-state index is 0.0877. The van der Waals surface area contributed by atoms with Crippen LogP contribution < -0.4 is 5.32 Å². The molecule has 1 N–H and O–H groups in total. The molecule has 0 saturated heterocycles. The van der Waals surface area contributed by atoms with E-state index in [1.54, 1.807) is 0 Å². The third kappa shape index (κ3) is 3.63. The summed E-state index contributed by atoms with van der Waals surface area (Å²) in [5, 5.41) is 4.06. The van der Waals surface area contributed by atoms with Crippen molar-refractivity contribution in [3.05, 3.63) is 16.5 Å². The lowest BCUT2D eigenvalue weighted by atomic mass is 9.95. The molecular formula is C16H26ClN3. The van der Waals surface area contributed by atoms with E-state index in [-0.39, 0.29) is 5.41 Å². The monoisotopic (exact) mass is 295 g/mol. The summed E-state index contributed by atoms with van der Waals surface area (Å²) >= 11 is 6.25. The van der Waals surface area contributed by atoms with Crippen molar-refractivity contribution in [3.8, 4) is 0 Å². The smallest absolute Gasteiger partial charge is 0.137 e. The van der Waals surface area contributed by atoms with Gasteiger partial charge in [-0.05, 0) is 31.6 Å². The van der Waals surface area contributed by atoms with Crippen molar-refractivity contribution in [3.63, 3.8) is 0 Å². The fourth-order valence-corrected chi connectivity index (χ4v) is 2.92. The maximum Gasteiger partial charge on any atom is 0.137 e. The molecule has 0 bridgehead atoms. The van der Waals surface area contributed by atoms with E-state index in [1.165, 1.54) is 19.3 Å². The lowest BCUT2D eigenvalue weighted by molar-refractivity contribution is 0.532. The molecule has 0 amide bonds. The fourth-order valence-electron chi connectivity index (χ4n) is 2.75. The normalized spacial score (nSPS) is 23.1. The van der Waals surface area contributed by atoms with Gasteiger partial charge in [0.25, 0.3) is 0 Å². The zero-order chi connectivity index (χ0) is 14.9. The summed E-state index contributed by atoms with van der Waals surface area (Å²) in [6, 6.07) is 0. The molecule has 1 heterocycles. The van der Waals surface area contributed by atoms with Crippen LogP contribution in [0.5, 0.6) is 0 Å². The SMILES string of the molecule is Cc1c(Cl)nc(C(C)(C)C)nc1NCC1CCC(C)C1. The topological polar surface area (TPSA) is 37.8 Å². The van der Waals surface area contributed by atoms with Gasteiger partial charge in [0.15, 0.2) is 0 Å². The van der Waals surface area contributed by atoms with Crippen molar-refractivity contribution in [1.82, 2.24) is 9.97 Å². The van der Waals surface area contributed by atoms with Crippen LogP contribution in [0.25, 0.3) is 0 Å². The van der Waals surface area contributed by atoms with Crippen molar-refractivity contribution in [1.29, 1.82) is 0 Å². The van der Waals surface area contributed by atoms with Gasteiger partial charge in [-0.2, -0.15) is 0 Å². The Balaban J connectivity index is 2.12. The second kappa shape index (κ2) is 5.88. The molecule has 4 heteroatoms. The molecule has 2 rings (SSSR count). The largest absolute Gasteiger partial charge is 0.369 e.